The van der Waals surface area contributed by atoms with E-state index in [1.807, 2.05) is 0 Å². The van der Waals surface area contributed by atoms with Crippen molar-refractivity contribution in [3.63, 3.8) is 0 Å². The van der Waals surface area contributed by atoms with Gasteiger partial charge in [0.05, 0.1) is 5.69 Å². The zero-order chi connectivity index (χ0) is 10.1. The maximum atomic E-state index is 12.1. The second-order valence-electron chi connectivity index (χ2n) is 2.21. The van der Waals surface area contributed by atoms with Crippen LogP contribution >= 0.6 is 11.9 Å². The van der Waals surface area contributed by atoms with Gasteiger partial charge in [0.2, 0.25) is 0 Å². The van der Waals surface area contributed by atoms with E-state index in [9.17, 15) is 17.6 Å². The molecule has 0 fully saturated rings. The van der Waals surface area contributed by atoms with Crippen molar-refractivity contribution in [1.29, 1.82) is 0 Å². The lowest BCUT2D eigenvalue weighted by Crippen LogP contribution is -2.06. The van der Waals surface area contributed by atoms with Gasteiger partial charge in [0, 0.05) is 6.26 Å². The number of alkyl halides is 4. The normalized spacial score (nSPS) is 12.1. The first-order valence-corrected chi connectivity index (χ1v) is 4.43. The summed E-state index contributed by atoms with van der Waals surface area (Å²) in [6.45, 7) is -0.954. The molecule has 7 heteroatoms. The molecule has 0 N–H and O–H groups in total. The molecule has 74 valence electrons. The molecule has 2 nitrogen and oxygen atoms in total. The molecule has 0 atom stereocenters. The van der Waals surface area contributed by atoms with Gasteiger partial charge in [0.25, 0.3) is 0 Å². The van der Waals surface area contributed by atoms with Crippen molar-refractivity contribution in [2.24, 2.45) is 0 Å². The Labute approximate surface area is 76.1 Å². The van der Waals surface area contributed by atoms with Crippen LogP contribution in [-0.4, -0.2) is 15.4 Å². The molecule has 0 unspecified atom stereocenters. The molecule has 0 aromatic carbocycles. The van der Waals surface area contributed by atoms with Crippen LogP contribution in [0.4, 0.5) is 17.6 Å². The lowest BCUT2D eigenvalue weighted by atomic mass is 10.4. The van der Waals surface area contributed by atoms with Gasteiger partial charge in [0.1, 0.15) is 6.67 Å². The summed E-state index contributed by atoms with van der Waals surface area (Å²) in [5, 5.41) is 3.19. The quantitative estimate of drug-likeness (QED) is 0.704. The average molecular weight is 214 g/mol. The Morgan fingerprint density at radius 1 is 1.54 bits per heavy atom. The SMILES string of the molecule is CSn1nc(C(F)(F)F)cc1CF. The minimum Gasteiger partial charge on any atom is -0.244 e. The van der Waals surface area contributed by atoms with E-state index in [4.69, 9.17) is 0 Å². The highest BCUT2D eigenvalue weighted by Gasteiger charge is 2.34. The molecule has 1 aromatic rings. The maximum absolute atomic E-state index is 12.1. The standard InChI is InChI=1S/C6H6F4N2S/c1-13-12-4(3-7)2-5(11-12)6(8,9)10/h2H,3H2,1H3. The Hall–Kier alpha value is -0.720. The van der Waals surface area contributed by atoms with Gasteiger partial charge in [-0.05, 0) is 18.0 Å². The summed E-state index contributed by atoms with van der Waals surface area (Å²) in [6.07, 6.45) is -2.99. The Balaban J connectivity index is 3.07. The van der Waals surface area contributed by atoms with Gasteiger partial charge in [-0.25, -0.2) is 8.48 Å². The van der Waals surface area contributed by atoms with Crippen LogP contribution in [0.15, 0.2) is 6.07 Å². The molecular weight excluding hydrogens is 208 g/mol. The number of hydrogen-bond acceptors (Lipinski definition) is 2. The van der Waals surface area contributed by atoms with E-state index in [0.29, 0.717) is 6.07 Å². The predicted octanol–water partition coefficient (Wildman–Crippen LogP) is 2.50. The van der Waals surface area contributed by atoms with Gasteiger partial charge in [0.15, 0.2) is 5.69 Å². The number of hydrogen-bond donors (Lipinski definition) is 0. The van der Waals surface area contributed by atoms with Crippen molar-refractivity contribution in [3.8, 4) is 0 Å². The zero-order valence-corrected chi connectivity index (χ0v) is 7.42. The van der Waals surface area contributed by atoms with E-state index < -0.39 is 18.5 Å². The molecule has 13 heavy (non-hydrogen) atoms. The second kappa shape index (κ2) is 3.57. The third-order valence-electron chi connectivity index (χ3n) is 1.35. The molecule has 0 saturated carbocycles. The summed E-state index contributed by atoms with van der Waals surface area (Å²) < 4.78 is 49.2. The molecule has 0 spiro atoms. The third-order valence-corrected chi connectivity index (χ3v) is 2.01. The minimum absolute atomic E-state index is 0.0835. The van der Waals surface area contributed by atoms with E-state index in [2.05, 4.69) is 5.10 Å². The molecular formula is C6H6F4N2S. The average Bonchev–Trinajstić information content (AvgIpc) is 2.45. The van der Waals surface area contributed by atoms with E-state index in [1.165, 1.54) is 6.26 Å². The van der Waals surface area contributed by atoms with Crippen LogP contribution in [0.3, 0.4) is 0 Å². The lowest BCUT2D eigenvalue weighted by molar-refractivity contribution is -0.141. The highest BCUT2D eigenvalue weighted by molar-refractivity contribution is 7.97. The van der Waals surface area contributed by atoms with Crippen LogP contribution < -0.4 is 0 Å². The Bertz CT molecular complexity index is 272. The van der Waals surface area contributed by atoms with Crippen LogP contribution in [0, 0.1) is 0 Å². The van der Waals surface area contributed by atoms with Crippen LogP contribution in [0.5, 0.6) is 0 Å². The molecule has 1 aromatic heterocycles. The minimum atomic E-state index is -4.51. The molecule has 0 amide bonds. The van der Waals surface area contributed by atoms with Crippen LogP contribution in [-0.2, 0) is 12.9 Å². The van der Waals surface area contributed by atoms with Gasteiger partial charge < -0.3 is 0 Å². The highest BCUT2D eigenvalue weighted by atomic mass is 32.2. The van der Waals surface area contributed by atoms with Gasteiger partial charge in [-0.3, -0.25) is 0 Å². The monoisotopic (exact) mass is 214 g/mol. The zero-order valence-electron chi connectivity index (χ0n) is 6.60. The summed E-state index contributed by atoms with van der Waals surface area (Å²) in [5.41, 5.74) is -1.14. The second-order valence-corrected chi connectivity index (χ2v) is 2.92. The van der Waals surface area contributed by atoms with Crippen molar-refractivity contribution in [3.05, 3.63) is 17.5 Å². The molecule has 0 radical (unpaired) electrons. The largest absolute Gasteiger partial charge is 0.435 e. The number of nitrogens with zero attached hydrogens (tertiary/aromatic N) is 2. The van der Waals surface area contributed by atoms with Crippen LogP contribution in [0.25, 0.3) is 0 Å². The van der Waals surface area contributed by atoms with Gasteiger partial charge >= 0.3 is 6.18 Å². The Morgan fingerprint density at radius 2 is 2.15 bits per heavy atom. The van der Waals surface area contributed by atoms with E-state index in [0.717, 1.165) is 16.0 Å². The smallest absolute Gasteiger partial charge is 0.244 e. The van der Waals surface area contributed by atoms with Crippen molar-refractivity contribution in [1.82, 2.24) is 9.19 Å². The van der Waals surface area contributed by atoms with E-state index in [1.54, 1.807) is 0 Å². The first kappa shape index (κ1) is 10.4. The molecule has 0 aliphatic rings. The Morgan fingerprint density at radius 3 is 2.46 bits per heavy atom. The highest BCUT2D eigenvalue weighted by Crippen LogP contribution is 2.29. The fourth-order valence-electron chi connectivity index (χ4n) is 0.790. The van der Waals surface area contributed by atoms with Gasteiger partial charge in [-0.15, -0.1) is 0 Å². The van der Waals surface area contributed by atoms with Crippen molar-refractivity contribution in [2.75, 3.05) is 6.26 Å². The summed E-state index contributed by atoms with van der Waals surface area (Å²) >= 11 is 0.922. The van der Waals surface area contributed by atoms with Crippen molar-refractivity contribution >= 4 is 11.9 Å². The van der Waals surface area contributed by atoms with Crippen LogP contribution in [0.2, 0.25) is 0 Å². The summed E-state index contributed by atoms with van der Waals surface area (Å²) in [4.78, 5) is 0. The lowest BCUT2D eigenvalue weighted by Gasteiger charge is -1.99. The molecule has 0 saturated heterocycles. The molecule has 0 aliphatic carbocycles. The predicted molar refractivity (Wildman–Crippen MR) is 41.0 cm³/mol. The summed E-state index contributed by atoms with van der Waals surface area (Å²) in [6, 6.07) is 0.705. The molecule has 0 aliphatic heterocycles. The Kier molecular flexibility index (Phi) is 2.84. The van der Waals surface area contributed by atoms with Crippen molar-refractivity contribution < 1.29 is 17.6 Å². The summed E-state index contributed by atoms with van der Waals surface area (Å²) in [7, 11) is 0. The maximum Gasteiger partial charge on any atom is 0.435 e. The van der Waals surface area contributed by atoms with Gasteiger partial charge in [-0.2, -0.15) is 18.3 Å². The third kappa shape index (κ3) is 2.15. The molecule has 1 heterocycles. The number of rotatable bonds is 2. The molecule has 0 bridgehead atoms. The number of halogens is 4. The summed E-state index contributed by atoms with van der Waals surface area (Å²) in [5.74, 6) is 0. The first-order valence-electron chi connectivity index (χ1n) is 3.25. The van der Waals surface area contributed by atoms with E-state index in [-0.39, 0.29) is 5.69 Å². The van der Waals surface area contributed by atoms with Gasteiger partial charge in [-0.1, -0.05) is 0 Å². The number of aromatic nitrogens is 2. The fraction of sp³-hybridized carbons (Fsp3) is 0.500. The fourth-order valence-corrected chi connectivity index (χ4v) is 1.30. The van der Waals surface area contributed by atoms with Crippen LogP contribution in [0.1, 0.15) is 11.4 Å². The first-order chi connectivity index (χ1) is 5.99. The molecule has 1 rings (SSSR count). The van der Waals surface area contributed by atoms with E-state index >= 15 is 0 Å². The topological polar surface area (TPSA) is 17.8 Å². The van der Waals surface area contributed by atoms with Crippen molar-refractivity contribution in [2.45, 2.75) is 12.9 Å².